The Bertz CT molecular complexity index is 275. The Balaban J connectivity index is 2.95. The average Bonchev–Trinajstić information content (AvgIpc) is 2.06. The SMILES string of the molecule is BCCc1ccccc1C#N. The number of nitriles is 1. The molecule has 0 aliphatic carbocycles. The van der Waals surface area contributed by atoms with Crippen LogP contribution < -0.4 is 0 Å². The van der Waals surface area contributed by atoms with Crippen molar-refractivity contribution in [2.45, 2.75) is 12.7 Å². The summed E-state index contributed by atoms with van der Waals surface area (Å²) in [7, 11) is 2.12. The maximum Gasteiger partial charge on any atom is 0.101 e. The van der Waals surface area contributed by atoms with Crippen molar-refractivity contribution >= 4 is 7.85 Å². The first kappa shape index (κ1) is 7.88. The van der Waals surface area contributed by atoms with Gasteiger partial charge in [0.15, 0.2) is 0 Å². The van der Waals surface area contributed by atoms with Crippen molar-refractivity contribution in [2.24, 2.45) is 0 Å². The van der Waals surface area contributed by atoms with Gasteiger partial charge in [0, 0.05) is 0 Å². The fourth-order valence-electron chi connectivity index (χ4n) is 1.12. The van der Waals surface area contributed by atoms with E-state index in [0.717, 1.165) is 23.9 Å². The topological polar surface area (TPSA) is 23.8 Å². The molecule has 1 aromatic rings. The molecule has 0 amide bonds. The van der Waals surface area contributed by atoms with Crippen LogP contribution in [0.3, 0.4) is 0 Å². The summed E-state index contributed by atoms with van der Waals surface area (Å²) in [5.74, 6) is 0. The fraction of sp³-hybridized carbons (Fsp3) is 0.222. The molecule has 0 fully saturated rings. The summed E-state index contributed by atoms with van der Waals surface area (Å²) < 4.78 is 0. The predicted octanol–water partition coefficient (Wildman–Crippen LogP) is 1.15. The molecule has 0 bridgehead atoms. The lowest BCUT2D eigenvalue weighted by Crippen LogP contribution is -1.88. The second kappa shape index (κ2) is 3.83. The van der Waals surface area contributed by atoms with Crippen LogP contribution in [0, 0.1) is 11.3 Å². The van der Waals surface area contributed by atoms with E-state index in [2.05, 4.69) is 13.9 Å². The molecule has 1 nitrogen and oxygen atoms in total. The summed E-state index contributed by atoms with van der Waals surface area (Å²) in [6.07, 6.45) is 2.10. The molecule has 0 spiro atoms. The van der Waals surface area contributed by atoms with Gasteiger partial charge in [-0.2, -0.15) is 5.26 Å². The van der Waals surface area contributed by atoms with Crippen molar-refractivity contribution in [1.82, 2.24) is 0 Å². The predicted molar refractivity (Wildman–Crippen MR) is 48.2 cm³/mol. The first-order valence-corrected chi connectivity index (χ1v) is 3.86. The van der Waals surface area contributed by atoms with Crippen molar-refractivity contribution in [3.63, 3.8) is 0 Å². The highest BCUT2D eigenvalue weighted by Crippen LogP contribution is 2.08. The normalized spacial score (nSPS) is 9.00. The van der Waals surface area contributed by atoms with Gasteiger partial charge in [0.1, 0.15) is 7.85 Å². The van der Waals surface area contributed by atoms with Crippen LogP contribution in [0.5, 0.6) is 0 Å². The van der Waals surface area contributed by atoms with Gasteiger partial charge in [0.2, 0.25) is 0 Å². The Labute approximate surface area is 68.1 Å². The highest BCUT2D eigenvalue weighted by molar-refractivity contribution is 6.08. The minimum absolute atomic E-state index is 0.814. The summed E-state index contributed by atoms with van der Waals surface area (Å²) in [5.41, 5.74) is 1.98. The van der Waals surface area contributed by atoms with Crippen LogP contribution in [-0.4, -0.2) is 7.85 Å². The molecule has 0 unspecified atom stereocenters. The van der Waals surface area contributed by atoms with Gasteiger partial charge in [0.05, 0.1) is 11.6 Å². The van der Waals surface area contributed by atoms with E-state index < -0.39 is 0 Å². The zero-order chi connectivity index (χ0) is 8.10. The Hall–Kier alpha value is -1.23. The Kier molecular flexibility index (Phi) is 2.74. The van der Waals surface area contributed by atoms with Gasteiger partial charge >= 0.3 is 0 Å². The molecule has 0 aliphatic rings. The summed E-state index contributed by atoms with van der Waals surface area (Å²) >= 11 is 0. The average molecular weight is 143 g/mol. The Morgan fingerprint density at radius 1 is 1.36 bits per heavy atom. The summed E-state index contributed by atoms with van der Waals surface area (Å²) in [6, 6.07) is 9.94. The summed E-state index contributed by atoms with van der Waals surface area (Å²) in [6.45, 7) is 0. The molecule has 0 aromatic heterocycles. The van der Waals surface area contributed by atoms with E-state index in [1.165, 1.54) is 0 Å². The molecule has 0 atom stereocenters. The van der Waals surface area contributed by atoms with Crippen molar-refractivity contribution in [1.29, 1.82) is 5.26 Å². The lowest BCUT2D eigenvalue weighted by molar-refractivity contribution is 1.12. The third kappa shape index (κ3) is 1.85. The van der Waals surface area contributed by atoms with E-state index in [9.17, 15) is 0 Å². The minimum Gasteiger partial charge on any atom is -0.192 e. The first-order valence-electron chi connectivity index (χ1n) is 3.86. The molecular formula is C9H10BN. The number of aryl methyl sites for hydroxylation is 1. The fourth-order valence-corrected chi connectivity index (χ4v) is 1.12. The molecule has 1 rings (SSSR count). The van der Waals surface area contributed by atoms with Crippen LogP contribution in [0.25, 0.3) is 0 Å². The first-order chi connectivity index (χ1) is 5.38. The standard InChI is InChI=1S/C9H10BN/c10-6-5-8-3-1-2-4-9(8)7-11/h1-4H,5-6,10H2. The number of rotatable bonds is 2. The monoisotopic (exact) mass is 143 g/mol. The molecule has 0 aliphatic heterocycles. The van der Waals surface area contributed by atoms with E-state index in [4.69, 9.17) is 5.26 Å². The molecular weight excluding hydrogens is 133 g/mol. The van der Waals surface area contributed by atoms with E-state index >= 15 is 0 Å². The van der Waals surface area contributed by atoms with Crippen LogP contribution in [0.2, 0.25) is 6.32 Å². The van der Waals surface area contributed by atoms with Gasteiger partial charge in [-0.1, -0.05) is 24.5 Å². The third-order valence-electron chi connectivity index (χ3n) is 1.66. The Morgan fingerprint density at radius 2 is 2.09 bits per heavy atom. The summed E-state index contributed by atoms with van der Waals surface area (Å²) in [4.78, 5) is 0. The molecule has 2 heteroatoms. The largest absolute Gasteiger partial charge is 0.192 e. The number of hydrogen-bond donors (Lipinski definition) is 0. The minimum atomic E-state index is 0.814. The van der Waals surface area contributed by atoms with Gasteiger partial charge in [0.25, 0.3) is 0 Å². The second-order valence-electron chi connectivity index (χ2n) is 2.52. The maximum absolute atomic E-state index is 8.70. The number of benzene rings is 1. The second-order valence-corrected chi connectivity index (χ2v) is 2.52. The van der Waals surface area contributed by atoms with Crippen molar-refractivity contribution < 1.29 is 0 Å². The van der Waals surface area contributed by atoms with Crippen LogP contribution in [0.15, 0.2) is 24.3 Å². The van der Waals surface area contributed by atoms with Gasteiger partial charge in [-0.3, -0.25) is 0 Å². The van der Waals surface area contributed by atoms with E-state index in [0.29, 0.717) is 0 Å². The lowest BCUT2D eigenvalue weighted by Gasteiger charge is -1.98. The summed E-state index contributed by atoms with van der Waals surface area (Å²) in [5, 5.41) is 8.70. The van der Waals surface area contributed by atoms with Crippen LogP contribution in [0.1, 0.15) is 11.1 Å². The van der Waals surface area contributed by atoms with Crippen molar-refractivity contribution in [3.8, 4) is 6.07 Å². The molecule has 0 saturated carbocycles. The van der Waals surface area contributed by atoms with Crippen LogP contribution in [-0.2, 0) is 6.42 Å². The van der Waals surface area contributed by atoms with Crippen molar-refractivity contribution in [3.05, 3.63) is 35.4 Å². The molecule has 1 aromatic carbocycles. The van der Waals surface area contributed by atoms with Crippen LogP contribution in [0.4, 0.5) is 0 Å². The molecule has 11 heavy (non-hydrogen) atoms. The van der Waals surface area contributed by atoms with Gasteiger partial charge in [-0.05, 0) is 18.1 Å². The molecule has 0 radical (unpaired) electrons. The van der Waals surface area contributed by atoms with Gasteiger partial charge in [-0.15, -0.1) is 0 Å². The molecule has 0 N–H and O–H groups in total. The number of nitrogens with zero attached hydrogens (tertiary/aromatic N) is 1. The third-order valence-corrected chi connectivity index (χ3v) is 1.66. The van der Waals surface area contributed by atoms with E-state index in [-0.39, 0.29) is 0 Å². The zero-order valence-corrected chi connectivity index (χ0v) is 6.67. The smallest absolute Gasteiger partial charge is 0.101 e. The Morgan fingerprint density at radius 3 is 2.73 bits per heavy atom. The van der Waals surface area contributed by atoms with Crippen LogP contribution >= 0.6 is 0 Å². The van der Waals surface area contributed by atoms with Gasteiger partial charge < -0.3 is 0 Å². The molecule has 54 valence electrons. The number of hydrogen-bond acceptors (Lipinski definition) is 1. The highest BCUT2D eigenvalue weighted by Gasteiger charge is 1.96. The van der Waals surface area contributed by atoms with E-state index in [1.54, 1.807) is 0 Å². The zero-order valence-electron chi connectivity index (χ0n) is 6.67. The quantitative estimate of drug-likeness (QED) is 0.569. The molecule has 0 heterocycles. The van der Waals surface area contributed by atoms with E-state index in [1.807, 2.05) is 24.3 Å². The maximum atomic E-state index is 8.70. The highest BCUT2D eigenvalue weighted by atomic mass is 14.2. The van der Waals surface area contributed by atoms with Crippen molar-refractivity contribution in [2.75, 3.05) is 0 Å². The lowest BCUT2D eigenvalue weighted by atomic mass is 9.95. The molecule has 0 saturated heterocycles. The van der Waals surface area contributed by atoms with Gasteiger partial charge in [-0.25, -0.2) is 0 Å².